The second-order valence-electron chi connectivity index (χ2n) is 7.20. The van der Waals surface area contributed by atoms with E-state index in [0.717, 1.165) is 5.56 Å². The molecule has 8 heteroatoms. The second-order valence-corrected chi connectivity index (χ2v) is 8.03. The van der Waals surface area contributed by atoms with Crippen molar-refractivity contribution in [2.75, 3.05) is 10.8 Å². The molecule has 1 N–H and O–H groups in total. The van der Waals surface area contributed by atoms with Crippen molar-refractivity contribution in [3.05, 3.63) is 89.5 Å². The summed E-state index contributed by atoms with van der Waals surface area (Å²) in [5.74, 6) is 0.811. The lowest BCUT2D eigenvalue weighted by Crippen LogP contribution is -2.43. The number of amides is 1. The Morgan fingerprint density at radius 1 is 1.06 bits per heavy atom. The maximum Gasteiger partial charge on any atom is 0.251 e. The number of hydrogen-bond acceptors (Lipinski definition) is 5. The lowest BCUT2D eigenvalue weighted by molar-refractivity contribution is 0.0952. The molecular weight excluding hydrogens is 426 g/mol. The molecule has 2 atom stereocenters. The van der Waals surface area contributed by atoms with Gasteiger partial charge in [0.05, 0.1) is 17.7 Å². The number of carbonyl (C=O) groups is 1. The number of nitrogens with one attached hydrogen (secondary N) is 1. The van der Waals surface area contributed by atoms with E-state index in [2.05, 4.69) is 5.32 Å². The number of rotatable bonds is 8. The normalized spacial score (nSPS) is 12.3. The molecule has 3 aromatic carbocycles. The lowest BCUT2D eigenvalue weighted by Gasteiger charge is -2.32. The Morgan fingerprint density at radius 2 is 1.62 bits per heavy atom. The molecule has 0 aliphatic carbocycles. The number of benzene rings is 3. The summed E-state index contributed by atoms with van der Waals surface area (Å²) in [6.07, 6.45) is 0. The highest BCUT2D eigenvalue weighted by atomic mass is 32.2. The highest BCUT2D eigenvalue weighted by Gasteiger charge is 2.17. The van der Waals surface area contributed by atoms with Crippen molar-refractivity contribution in [3.63, 3.8) is 0 Å². The second kappa shape index (κ2) is 10.6. The van der Waals surface area contributed by atoms with Crippen LogP contribution in [0.3, 0.4) is 0 Å². The average molecular weight is 449 g/mol. The van der Waals surface area contributed by atoms with Crippen LogP contribution in [0, 0.1) is 18.3 Å². The molecule has 3 rings (SSSR count). The lowest BCUT2D eigenvalue weighted by atomic mass is 10.2. The van der Waals surface area contributed by atoms with Crippen LogP contribution in [0.15, 0.2) is 72.8 Å². The van der Waals surface area contributed by atoms with Crippen molar-refractivity contribution in [2.24, 2.45) is 0 Å². The van der Waals surface area contributed by atoms with Crippen molar-refractivity contribution in [2.45, 2.75) is 19.9 Å². The third kappa shape index (κ3) is 5.94. The summed E-state index contributed by atoms with van der Waals surface area (Å²) in [6, 6.07) is 22.0. The van der Waals surface area contributed by atoms with Crippen LogP contribution in [0.5, 0.6) is 11.5 Å². The molecule has 0 aliphatic heterocycles. The number of aryl methyl sites for hydroxylation is 1. The van der Waals surface area contributed by atoms with E-state index in [0.29, 0.717) is 28.3 Å². The van der Waals surface area contributed by atoms with E-state index in [-0.39, 0.29) is 12.5 Å². The summed E-state index contributed by atoms with van der Waals surface area (Å²) in [7, 11) is 0. The predicted octanol–water partition coefficient (Wildman–Crippen LogP) is 4.08. The minimum atomic E-state index is -2.48. The van der Waals surface area contributed by atoms with E-state index in [4.69, 9.17) is 10.00 Å². The van der Waals surface area contributed by atoms with E-state index in [1.54, 1.807) is 67.6 Å². The quantitative estimate of drug-likeness (QED) is 0.523. The van der Waals surface area contributed by atoms with Crippen molar-refractivity contribution >= 4 is 22.9 Å². The number of carbonyl (C=O) groups excluding carboxylic acids is 1. The van der Waals surface area contributed by atoms with Crippen LogP contribution in [0.1, 0.15) is 28.4 Å². The third-order valence-electron chi connectivity index (χ3n) is 4.74. The Labute approximate surface area is 189 Å². The first-order chi connectivity index (χ1) is 15.4. The van der Waals surface area contributed by atoms with Gasteiger partial charge >= 0.3 is 0 Å². The van der Waals surface area contributed by atoms with Crippen molar-refractivity contribution in [1.82, 2.24) is 5.32 Å². The monoisotopic (exact) mass is 448 g/mol. The number of nitriles is 1. The molecule has 0 radical (unpaired) electrons. The first-order valence-corrected chi connectivity index (χ1v) is 10.9. The van der Waals surface area contributed by atoms with Crippen LogP contribution in [-0.2, 0) is 11.3 Å². The molecule has 0 saturated carbocycles. The van der Waals surface area contributed by atoms with Gasteiger partial charge in [-0.25, -0.2) is 0 Å². The summed E-state index contributed by atoms with van der Waals surface area (Å²) < 4.78 is 30.4. The van der Waals surface area contributed by atoms with Gasteiger partial charge in [-0.05, 0) is 74.5 Å². The van der Waals surface area contributed by atoms with Gasteiger partial charge < -0.3 is 14.6 Å². The number of ether oxygens (including phenoxy) is 1. The average Bonchev–Trinajstić information content (AvgIpc) is 2.79. The fourth-order valence-corrected chi connectivity index (χ4v) is 3.67. The van der Waals surface area contributed by atoms with E-state index >= 15 is 0 Å². The van der Waals surface area contributed by atoms with Crippen LogP contribution in [-0.4, -0.2) is 27.3 Å². The molecule has 0 fully saturated rings. The summed E-state index contributed by atoms with van der Waals surface area (Å²) in [5.41, 5.74) is 2.53. The number of hydrogen-bond donors (Lipinski definition) is 1. The molecule has 0 aromatic heterocycles. The van der Waals surface area contributed by atoms with Crippen LogP contribution in [0.4, 0.5) is 5.69 Å². The molecule has 7 nitrogen and oxygen atoms in total. The SMILES string of the molecule is Cc1ccc(N(C(C)CNC(=O)c2ccc(Oc3ccc(C#N)cc3)cc2)S(=O)[O-])cc1. The molecule has 0 spiro atoms. The number of nitrogens with zero attached hydrogens (tertiary/aromatic N) is 2. The molecule has 32 heavy (non-hydrogen) atoms. The summed E-state index contributed by atoms with van der Waals surface area (Å²) in [6.45, 7) is 3.79. The Morgan fingerprint density at radius 3 is 2.16 bits per heavy atom. The predicted molar refractivity (Wildman–Crippen MR) is 122 cm³/mol. The maximum atomic E-state index is 12.5. The smallest absolute Gasteiger partial charge is 0.251 e. The molecule has 0 aliphatic rings. The fraction of sp³-hybridized carbons (Fsp3) is 0.167. The van der Waals surface area contributed by atoms with E-state index in [1.165, 1.54) is 4.31 Å². The minimum Gasteiger partial charge on any atom is -0.755 e. The number of anilines is 1. The topological polar surface area (TPSA) is 105 Å². The Bertz CT molecular complexity index is 1120. The standard InChI is InChI=1S/C24H23N3O4S/c1-17-3-9-21(10-4-17)27(32(29)30)18(2)16-26-24(28)20-7-13-23(14-8-20)31-22-11-5-19(15-25)6-12-22/h3-14,18H,16H2,1-2H3,(H,26,28)(H,29,30)/p-1. The first kappa shape index (κ1) is 23.0. The highest BCUT2D eigenvalue weighted by molar-refractivity contribution is 7.80. The zero-order valence-electron chi connectivity index (χ0n) is 17.6. The van der Waals surface area contributed by atoms with E-state index in [9.17, 15) is 13.6 Å². The van der Waals surface area contributed by atoms with Gasteiger partial charge in [0.2, 0.25) is 0 Å². The van der Waals surface area contributed by atoms with Gasteiger partial charge in [-0.3, -0.25) is 13.3 Å². The Balaban J connectivity index is 1.59. The maximum absolute atomic E-state index is 12.5. The van der Waals surface area contributed by atoms with Gasteiger partial charge in [0, 0.05) is 29.1 Å². The molecule has 1 amide bonds. The summed E-state index contributed by atoms with van der Waals surface area (Å²) in [4.78, 5) is 12.5. The molecule has 0 heterocycles. The van der Waals surface area contributed by atoms with Crippen LogP contribution >= 0.6 is 0 Å². The zero-order chi connectivity index (χ0) is 23.1. The van der Waals surface area contributed by atoms with Crippen molar-refractivity contribution in [3.8, 4) is 17.6 Å². The Kier molecular flexibility index (Phi) is 7.60. The van der Waals surface area contributed by atoms with Crippen LogP contribution in [0.2, 0.25) is 0 Å². The largest absolute Gasteiger partial charge is 0.755 e. The van der Waals surface area contributed by atoms with Gasteiger partial charge in [-0.2, -0.15) is 5.26 Å². The van der Waals surface area contributed by atoms with Crippen LogP contribution in [0.25, 0.3) is 0 Å². The molecule has 0 saturated heterocycles. The minimum absolute atomic E-state index is 0.143. The van der Waals surface area contributed by atoms with Gasteiger partial charge in [-0.1, -0.05) is 17.7 Å². The van der Waals surface area contributed by atoms with Crippen LogP contribution < -0.4 is 14.4 Å². The highest BCUT2D eigenvalue weighted by Crippen LogP contribution is 2.22. The summed E-state index contributed by atoms with van der Waals surface area (Å²) >= 11 is -2.48. The molecule has 3 aromatic rings. The molecule has 0 bridgehead atoms. The molecule has 2 unspecified atom stereocenters. The third-order valence-corrected chi connectivity index (χ3v) is 5.63. The molecule has 164 valence electrons. The van der Waals surface area contributed by atoms with E-state index < -0.39 is 17.3 Å². The van der Waals surface area contributed by atoms with Gasteiger partial charge in [0.25, 0.3) is 5.91 Å². The van der Waals surface area contributed by atoms with Gasteiger partial charge in [0.15, 0.2) is 0 Å². The van der Waals surface area contributed by atoms with Gasteiger partial charge in [-0.15, -0.1) is 0 Å². The molecular formula is C24H22N3O4S-. The van der Waals surface area contributed by atoms with Crippen molar-refractivity contribution < 1.29 is 18.3 Å². The summed E-state index contributed by atoms with van der Waals surface area (Å²) in [5, 5.41) is 11.6. The first-order valence-electron chi connectivity index (χ1n) is 9.89. The fourth-order valence-electron chi connectivity index (χ4n) is 3.01. The zero-order valence-corrected chi connectivity index (χ0v) is 18.5. The van der Waals surface area contributed by atoms with E-state index in [1.807, 2.05) is 25.1 Å². The van der Waals surface area contributed by atoms with Gasteiger partial charge in [0.1, 0.15) is 11.5 Å². The Hall–Kier alpha value is -3.67. The van der Waals surface area contributed by atoms with Crippen molar-refractivity contribution in [1.29, 1.82) is 5.26 Å².